The van der Waals surface area contributed by atoms with Gasteiger partial charge in [0, 0.05) is 37.9 Å². The number of benzene rings is 1. The molecule has 0 atom stereocenters. The number of anilines is 1. The van der Waals surface area contributed by atoms with Crippen LogP contribution in [-0.2, 0) is 13.1 Å². The first-order chi connectivity index (χ1) is 14.3. The van der Waals surface area contributed by atoms with E-state index in [-0.39, 0.29) is 0 Å². The molecule has 0 spiro atoms. The summed E-state index contributed by atoms with van der Waals surface area (Å²) in [5, 5.41) is 6.68. The predicted molar refractivity (Wildman–Crippen MR) is 119 cm³/mol. The number of nitrogens with zero attached hydrogens (tertiary/aromatic N) is 3. The van der Waals surface area contributed by atoms with E-state index in [1.54, 1.807) is 6.08 Å². The van der Waals surface area contributed by atoms with E-state index in [0.29, 0.717) is 19.7 Å². The van der Waals surface area contributed by atoms with Gasteiger partial charge in [0.15, 0.2) is 5.96 Å². The zero-order chi connectivity index (χ0) is 20.3. The van der Waals surface area contributed by atoms with Crippen LogP contribution in [0.15, 0.2) is 60.2 Å². The number of hydrogen-bond acceptors (Lipinski definition) is 4. The fourth-order valence-corrected chi connectivity index (χ4v) is 3.27. The third-order valence-electron chi connectivity index (χ3n) is 4.78. The summed E-state index contributed by atoms with van der Waals surface area (Å²) in [5.41, 5.74) is 2.18. The highest BCUT2D eigenvalue weighted by molar-refractivity contribution is 5.79. The zero-order valence-corrected chi connectivity index (χ0v) is 17.2. The molecule has 0 aliphatic carbocycles. The molecule has 1 aliphatic heterocycles. The summed E-state index contributed by atoms with van der Waals surface area (Å²) in [7, 11) is 0. The molecule has 0 radical (unpaired) electrons. The SMILES string of the molecule is C=CCOc1ccccc1CNC(=NCc1ccc(N2CCCC2)nc1)NCC. The molecular weight excluding hydrogens is 362 g/mol. The molecule has 0 unspecified atom stereocenters. The zero-order valence-electron chi connectivity index (χ0n) is 17.2. The molecular formula is C23H31N5O. The Balaban J connectivity index is 1.59. The van der Waals surface area contributed by atoms with Crippen molar-refractivity contribution < 1.29 is 4.74 Å². The van der Waals surface area contributed by atoms with Crippen LogP contribution in [0.4, 0.5) is 5.82 Å². The number of rotatable bonds is 9. The Hall–Kier alpha value is -3.02. The van der Waals surface area contributed by atoms with Crippen molar-refractivity contribution in [3.05, 3.63) is 66.4 Å². The maximum absolute atomic E-state index is 5.73. The molecule has 2 N–H and O–H groups in total. The molecule has 2 aromatic rings. The Morgan fingerprint density at radius 2 is 2.03 bits per heavy atom. The molecule has 1 aromatic heterocycles. The number of hydrogen-bond donors (Lipinski definition) is 2. The van der Waals surface area contributed by atoms with Gasteiger partial charge in [-0.1, -0.05) is 36.9 Å². The van der Waals surface area contributed by atoms with Crippen LogP contribution in [0.5, 0.6) is 5.75 Å². The normalized spacial score (nSPS) is 14.0. The number of ether oxygens (including phenoxy) is 1. The summed E-state index contributed by atoms with van der Waals surface area (Å²) in [6.45, 7) is 10.5. The highest BCUT2D eigenvalue weighted by atomic mass is 16.5. The number of aliphatic imine (C=N–C) groups is 1. The Bertz CT molecular complexity index is 797. The minimum Gasteiger partial charge on any atom is -0.489 e. The van der Waals surface area contributed by atoms with Crippen LogP contribution in [0.1, 0.15) is 30.9 Å². The molecule has 6 heteroatoms. The first-order valence-electron chi connectivity index (χ1n) is 10.3. The topological polar surface area (TPSA) is 61.8 Å². The van der Waals surface area contributed by atoms with Crippen molar-refractivity contribution in [1.82, 2.24) is 15.6 Å². The highest BCUT2D eigenvalue weighted by Crippen LogP contribution is 2.18. The minimum atomic E-state index is 0.492. The first-order valence-corrected chi connectivity index (χ1v) is 10.3. The first kappa shape index (κ1) is 20.7. The van der Waals surface area contributed by atoms with Crippen molar-refractivity contribution in [3.8, 4) is 5.75 Å². The molecule has 154 valence electrons. The van der Waals surface area contributed by atoms with Crippen LogP contribution < -0.4 is 20.3 Å². The largest absolute Gasteiger partial charge is 0.489 e. The maximum atomic E-state index is 5.73. The number of para-hydroxylation sites is 1. The number of guanidine groups is 1. The van der Waals surface area contributed by atoms with Crippen LogP contribution >= 0.6 is 0 Å². The summed E-state index contributed by atoms with van der Waals surface area (Å²) >= 11 is 0. The fourth-order valence-electron chi connectivity index (χ4n) is 3.27. The summed E-state index contributed by atoms with van der Waals surface area (Å²) in [5.74, 6) is 2.70. The highest BCUT2D eigenvalue weighted by Gasteiger charge is 2.13. The van der Waals surface area contributed by atoms with Crippen molar-refractivity contribution in [3.63, 3.8) is 0 Å². The molecule has 0 saturated carbocycles. The average Bonchev–Trinajstić information content (AvgIpc) is 3.30. The lowest BCUT2D eigenvalue weighted by molar-refractivity contribution is 0.358. The van der Waals surface area contributed by atoms with Gasteiger partial charge < -0.3 is 20.3 Å². The van der Waals surface area contributed by atoms with Crippen molar-refractivity contribution in [2.75, 3.05) is 31.1 Å². The van der Waals surface area contributed by atoms with Gasteiger partial charge in [0.05, 0.1) is 6.54 Å². The summed E-state index contributed by atoms with van der Waals surface area (Å²) in [4.78, 5) is 11.6. The summed E-state index contributed by atoms with van der Waals surface area (Å²) in [6, 6.07) is 12.2. The standard InChI is InChI=1S/C23H31N5O/c1-3-15-29-21-10-6-5-9-20(21)18-27-23(24-4-2)26-17-19-11-12-22(25-16-19)28-13-7-8-14-28/h3,5-6,9-12,16H,1,4,7-8,13-15,17-18H2,2H3,(H2,24,26,27). The van der Waals surface area contributed by atoms with E-state index in [2.05, 4.69) is 52.2 Å². The molecule has 29 heavy (non-hydrogen) atoms. The second kappa shape index (κ2) is 11.1. The van der Waals surface area contributed by atoms with Gasteiger partial charge in [-0.25, -0.2) is 9.98 Å². The van der Waals surface area contributed by atoms with Gasteiger partial charge in [-0.05, 0) is 37.5 Å². The molecule has 2 heterocycles. The number of nitrogens with one attached hydrogen (secondary N) is 2. The molecule has 1 saturated heterocycles. The van der Waals surface area contributed by atoms with Crippen LogP contribution in [-0.4, -0.2) is 37.2 Å². The van der Waals surface area contributed by atoms with E-state index in [1.165, 1.54) is 12.8 Å². The molecule has 0 bridgehead atoms. The molecule has 1 fully saturated rings. The molecule has 3 rings (SSSR count). The lowest BCUT2D eigenvalue weighted by Crippen LogP contribution is -2.36. The van der Waals surface area contributed by atoms with E-state index in [4.69, 9.17) is 9.73 Å². The Kier molecular flexibility index (Phi) is 7.92. The van der Waals surface area contributed by atoms with Gasteiger partial charge in [0.1, 0.15) is 18.2 Å². The van der Waals surface area contributed by atoms with Crippen molar-refractivity contribution in [1.29, 1.82) is 0 Å². The van der Waals surface area contributed by atoms with Gasteiger partial charge >= 0.3 is 0 Å². The van der Waals surface area contributed by atoms with Gasteiger partial charge in [-0.3, -0.25) is 0 Å². The summed E-state index contributed by atoms with van der Waals surface area (Å²) < 4.78 is 5.73. The third-order valence-corrected chi connectivity index (χ3v) is 4.78. The molecule has 6 nitrogen and oxygen atoms in total. The second-order valence-electron chi connectivity index (χ2n) is 6.97. The fraction of sp³-hybridized carbons (Fsp3) is 0.391. The van der Waals surface area contributed by atoms with Crippen molar-refractivity contribution in [2.45, 2.75) is 32.9 Å². The van der Waals surface area contributed by atoms with Gasteiger partial charge in [-0.2, -0.15) is 0 Å². The quantitative estimate of drug-likeness (QED) is 0.388. The Morgan fingerprint density at radius 3 is 2.76 bits per heavy atom. The molecule has 1 aromatic carbocycles. The van der Waals surface area contributed by atoms with E-state index in [0.717, 1.165) is 48.3 Å². The Labute approximate surface area is 173 Å². The average molecular weight is 394 g/mol. The Morgan fingerprint density at radius 1 is 1.21 bits per heavy atom. The third kappa shape index (κ3) is 6.24. The van der Waals surface area contributed by atoms with E-state index in [1.807, 2.05) is 24.4 Å². The minimum absolute atomic E-state index is 0.492. The maximum Gasteiger partial charge on any atom is 0.191 e. The smallest absolute Gasteiger partial charge is 0.191 e. The second-order valence-corrected chi connectivity index (χ2v) is 6.97. The lowest BCUT2D eigenvalue weighted by Gasteiger charge is -2.16. The summed E-state index contributed by atoms with van der Waals surface area (Å²) in [6.07, 6.45) is 6.19. The van der Waals surface area contributed by atoms with Crippen LogP contribution in [0, 0.1) is 0 Å². The monoisotopic (exact) mass is 393 g/mol. The van der Waals surface area contributed by atoms with Crippen LogP contribution in [0.25, 0.3) is 0 Å². The van der Waals surface area contributed by atoms with E-state index >= 15 is 0 Å². The van der Waals surface area contributed by atoms with Gasteiger partial charge in [0.25, 0.3) is 0 Å². The van der Waals surface area contributed by atoms with Crippen LogP contribution in [0.3, 0.4) is 0 Å². The number of aromatic nitrogens is 1. The lowest BCUT2D eigenvalue weighted by atomic mass is 10.2. The van der Waals surface area contributed by atoms with E-state index in [9.17, 15) is 0 Å². The van der Waals surface area contributed by atoms with Crippen LogP contribution in [0.2, 0.25) is 0 Å². The van der Waals surface area contributed by atoms with Crippen molar-refractivity contribution in [2.24, 2.45) is 4.99 Å². The van der Waals surface area contributed by atoms with E-state index < -0.39 is 0 Å². The molecule has 0 amide bonds. The van der Waals surface area contributed by atoms with Crippen molar-refractivity contribution >= 4 is 11.8 Å². The molecule has 1 aliphatic rings. The number of pyridine rings is 1. The van der Waals surface area contributed by atoms with Gasteiger partial charge in [0.2, 0.25) is 0 Å². The predicted octanol–water partition coefficient (Wildman–Crippen LogP) is 3.50. The van der Waals surface area contributed by atoms with Gasteiger partial charge in [-0.15, -0.1) is 0 Å².